The average molecular weight is 287 g/mol. The highest BCUT2D eigenvalue weighted by Crippen LogP contribution is 2.35. The number of benzene rings is 1. The van der Waals surface area contributed by atoms with Gasteiger partial charge in [0, 0.05) is 16.6 Å². The molecule has 1 aromatic carbocycles. The van der Waals surface area contributed by atoms with Crippen molar-refractivity contribution >= 4 is 22.7 Å². The van der Waals surface area contributed by atoms with Crippen LogP contribution in [0.3, 0.4) is 0 Å². The van der Waals surface area contributed by atoms with Gasteiger partial charge in [-0.1, -0.05) is 32.9 Å². The Bertz CT molecular complexity index is 539. The van der Waals surface area contributed by atoms with E-state index in [0.717, 1.165) is 0 Å². The molecule has 1 aromatic heterocycles. The maximum Gasteiger partial charge on any atom is 0.0524 e. The van der Waals surface area contributed by atoms with Crippen LogP contribution in [0.2, 0.25) is 0 Å². The molecular formula is C18H25NS. The molecule has 0 spiro atoms. The maximum atomic E-state index is 2.40. The largest absolute Gasteiger partial charge is 0.335 e. The van der Waals surface area contributed by atoms with Crippen LogP contribution >= 0.6 is 11.3 Å². The molecule has 108 valence electrons. The summed E-state index contributed by atoms with van der Waals surface area (Å²) >= 11 is 1.74. The SMILES string of the molecule is CC(C)(C)c1ccc(N(c2ccsc2)C(C)(C)C)cc1. The second kappa shape index (κ2) is 5.25. The second-order valence-electron chi connectivity index (χ2n) is 7.28. The molecule has 0 N–H and O–H groups in total. The van der Waals surface area contributed by atoms with Crippen LogP contribution in [-0.4, -0.2) is 5.54 Å². The van der Waals surface area contributed by atoms with Crippen molar-refractivity contribution < 1.29 is 0 Å². The van der Waals surface area contributed by atoms with Crippen molar-refractivity contribution in [3.05, 3.63) is 46.7 Å². The van der Waals surface area contributed by atoms with E-state index in [-0.39, 0.29) is 11.0 Å². The molecular weight excluding hydrogens is 262 g/mol. The molecule has 0 saturated heterocycles. The van der Waals surface area contributed by atoms with Gasteiger partial charge in [-0.05, 0) is 55.3 Å². The number of hydrogen-bond acceptors (Lipinski definition) is 2. The van der Waals surface area contributed by atoms with E-state index in [1.807, 2.05) is 0 Å². The number of hydrogen-bond donors (Lipinski definition) is 0. The number of rotatable bonds is 2. The molecule has 1 heterocycles. The Hall–Kier alpha value is -1.28. The van der Waals surface area contributed by atoms with E-state index in [1.54, 1.807) is 11.3 Å². The smallest absolute Gasteiger partial charge is 0.0524 e. The predicted octanol–water partition coefficient (Wildman–Crippen LogP) is 5.98. The molecule has 0 atom stereocenters. The van der Waals surface area contributed by atoms with E-state index in [4.69, 9.17) is 0 Å². The fourth-order valence-corrected chi connectivity index (χ4v) is 3.04. The van der Waals surface area contributed by atoms with E-state index >= 15 is 0 Å². The first-order valence-corrected chi connectivity index (χ1v) is 8.07. The van der Waals surface area contributed by atoms with Crippen LogP contribution < -0.4 is 4.90 Å². The van der Waals surface area contributed by atoms with E-state index < -0.39 is 0 Å². The third kappa shape index (κ3) is 3.24. The van der Waals surface area contributed by atoms with Crippen molar-refractivity contribution in [1.29, 1.82) is 0 Å². The Balaban J connectivity index is 2.41. The summed E-state index contributed by atoms with van der Waals surface area (Å²) in [6.45, 7) is 13.5. The van der Waals surface area contributed by atoms with Gasteiger partial charge in [-0.25, -0.2) is 0 Å². The zero-order valence-corrected chi connectivity index (χ0v) is 14.2. The molecule has 2 aromatic rings. The van der Waals surface area contributed by atoms with Gasteiger partial charge in [0.2, 0.25) is 0 Å². The summed E-state index contributed by atoms with van der Waals surface area (Å²) in [6, 6.07) is 11.2. The summed E-state index contributed by atoms with van der Waals surface area (Å²) in [5, 5.41) is 4.35. The lowest BCUT2D eigenvalue weighted by molar-refractivity contribution is 0.560. The van der Waals surface area contributed by atoms with Crippen molar-refractivity contribution in [3.63, 3.8) is 0 Å². The molecule has 0 unspecified atom stereocenters. The first-order chi connectivity index (χ1) is 9.19. The van der Waals surface area contributed by atoms with Gasteiger partial charge >= 0.3 is 0 Å². The lowest BCUT2D eigenvalue weighted by atomic mass is 9.87. The first kappa shape index (κ1) is 15.1. The number of anilines is 2. The maximum absolute atomic E-state index is 2.40. The predicted molar refractivity (Wildman–Crippen MR) is 91.4 cm³/mol. The van der Waals surface area contributed by atoms with E-state index in [0.29, 0.717) is 0 Å². The van der Waals surface area contributed by atoms with E-state index in [2.05, 4.69) is 87.5 Å². The molecule has 2 heteroatoms. The number of thiophene rings is 1. The molecule has 0 bridgehead atoms. The zero-order chi connectivity index (χ0) is 15.0. The van der Waals surface area contributed by atoms with E-state index in [1.165, 1.54) is 16.9 Å². The van der Waals surface area contributed by atoms with Crippen LogP contribution in [0.15, 0.2) is 41.1 Å². The minimum absolute atomic E-state index is 0.0598. The Morgan fingerprint density at radius 2 is 1.40 bits per heavy atom. The van der Waals surface area contributed by atoms with Gasteiger partial charge in [0.05, 0.1) is 5.69 Å². The minimum atomic E-state index is 0.0598. The normalized spacial score (nSPS) is 12.5. The third-order valence-corrected chi connectivity index (χ3v) is 4.10. The average Bonchev–Trinajstić information content (AvgIpc) is 2.80. The zero-order valence-electron chi connectivity index (χ0n) is 13.4. The Morgan fingerprint density at radius 3 is 1.80 bits per heavy atom. The van der Waals surface area contributed by atoms with Crippen LogP contribution in [0.25, 0.3) is 0 Å². The molecule has 0 fully saturated rings. The number of nitrogens with zero attached hydrogens (tertiary/aromatic N) is 1. The minimum Gasteiger partial charge on any atom is -0.335 e. The van der Waals surface area contributed by atoms with Gasteiger partial charge in [0.25, 0.3) is 0 Å². The van der Waals surface area contributed by atoms with Gasteiger partial charge in [-0.15, -0.1) is 0 Å². The van der Waals surface area contributed by atoms with Crippen LogP contribution in [-0.2, 0) is 5.41 Å². The van der Waals surface area contributed by atoms with Gasteiger partial charge in [-0.2, -0.15) is 11.3 Å². The summed E-state index contributed by atoms with van der Waals surface area (Å²) in [7, 11) is 0. The lowest BCUT2D eigenvalue weighted by Gasteiger charge is -2.37. The molecule has 1 nitrogen and oxygen atoms in total. The van der Waals surface area contributed by atoms with Gasteiger partial charge in [-0.3, -0.25) is 0 Å². The van der Waals surface area contributed by atoms with Gasteiger partial charge in [0.15, 0.2) is 0 Å². The molecule has 20 heavy (non-hydrogen) atoms. The molecule has 2 rings (SSSR count). The third-order valence-electron chi connectivity index (χ3n) is 3.43. The summed E-state index contributed by atoms with van der Waals surface area (Å²) in [5.41, 5.74) is 4.16. The summed E-state index contributed by atoms with van der Waals surface area (Å²) in [6.07, 6.45) is 0. The fraction of sp³-hybridized carbons (Fsp3) is 0.444. The van der Waals surface area contributed by atoms with Crippen molar-refractivity contribution in [1.82, 2.24) is 0 Å². The molecule has 0 amide bonds. The summed E-state index contributed by atoms with van der Waals surface area (Å²) in [5.74, 6) is 0. The van der Waals surface area contributed by atoms with Crippen molar-refractivity contribution in [3.8, 4) is 0 Å². The van der Waals surface area contributed by atoms with E-state index in [9.17, 15) is 0 Å². The second-order valence-corrected chi connectivity index (χ2v) is 8.06. The topological polar surface area (TPSA) is 3.24 Å². The van der Waals surface area contributed by atoms with Gasteiger partial charge < -0.3 is 4.90 Å². The summed E-state index contributed by atoms with van der Waals surface area (Å²) < 4.78 is 0. The van der Waals surface area contributed by atoms with Crippen LogP contribution in [0, 0.1) is 0 Å². The van der Waals surface area contributed by atoms with Crippen molar-refractivity contribution in [2.75, 3.05) is 4.90 Å². The van der Waals surface area contributed by atoms with Crippen LogP contribution in [0.5, 0.6) is 0 Å². The Labute approximate surface area is 127 Å². The summed E-state index contributed by atoms with van der Waals surface area (Å²) in [4.78, 5) is 2.40. The fourth-order valence-electron chi connectivity index (χ4n) is 2.42. The standard InChI is InChI=1S/C18H25NS/c1-17(2,3)14-7-9-15(10-8-14)19(18(4,5)6)16-11-12-20-13-16/h7-13H,1-6H3. The molecule has 0 aliphatic carbocycles. The lowest BCUT2D eigenvalue weighted by Crippen LogP contribution is -2.37. The Kier molecular flexibility index (Phi) is 3.97. The highest BCUT2D eigenvalue weighted by atomic mass is 32.1. The monoisotopic (exact) mass is 287 g/mol. The van der Waals surface area contributed by atoms with Crippen molar-refractivity contribution in [2.24, 2.45) is 0 Å². The molecule has 0 aliphatic rings. The highest BCUT2D eigenvalue weighted by Gasteiger charge is 2.24. The Morgan fingerprint density at radius 1 is 0.800 bits per heavy atom. The van der Waals surface area contributed by atoms with Gasteiger partial charge in [0.1, 0.15) is 0 Å². The highest BCUT2D eigenvalue weighted by molar-refractivity contribution is 7.08. The van der Waals surface area contributed by atoms with Crippen LogP contribution in [0.1, 0.15) is 47.1 Å². The molecule has 0 saturated carbocycles. The molecule has 0 aliphatic heterocycles. The van der Waals surface area contributed by atoms with Crippen LogP contribution in [0.4, 0.5) is 11.4 Å². The molecule has 0 radical (unpaired) electrons. The quantitative estimate of drug-likeness (QED) is 0.656. The van der Waals surface area contributed by atoms with Crippen molar-refractivity contribution in [2.45, 2.75) is 52.5 Å². The first-order valence-electron chi connectivity index (χ1n) is 7.12.